The second-order valence-electron chi connectivity index (χ2n) is 16.3. The van der Waals surface area contributed by atoms with Crippen molar-refractivity contribution in [1.29, 1.82) is 0 Å². The molecule has 4 fully saturated rings. The zero-order chi connectivity index (χ0) is 42.0. The van der Waals surface area contributed by atoms with Gasteiger partial charge in [-0.3, -0.25) is 24.1 Å². The lowest BCUT2D eigenvalue weighted by molar-refractivity contribution is -0.124. The molecule has 17 heteroatoms. The number of carbonyl (C=O) groups is 7. The summed E-state index contributed by atoms with van der Waals surface area (Å²) < 4.78 is 0. The number of Topliss-reactive ketones (excluding diaryl/α,β-unsaturated/α-hetero) is 2. The van der Waals surface area contributed by atoms with Gasteiger partial charge in [0, 0.05) is 67.3 Å². The number of hydrogen-bond acceptors (Lipinski definition) is 10. The number of hydrogen-bond donors (Lipinski definition) is 7. The van der Waals surface area contributed by atoms with Crippen LogP contribution in [-0.2, 0) is 25.7 Å². The zero-order valence-corrected chi connectivity index (χ0v) is 35.7. The summed E-state index contributed by atoms with van der Waals surface area (Å²) in [6.45, 7) is 1.71. The van der Waals surface area contributed by atoms with Crippen LogP contribution in [0.3, 0.4) is 0 Å². The number of benzene rings is 1. The van der Waals surface area contributed by atoms with Crippen molar-refractivity contribution in [3.63, 3.8) is 0 Å². The highest BCUT2D eigenvalue weighted by Crippen LogP contribution is 2.34. The fourth-order valence-corrected chi connectivity index (χ4v) is 11.4. The molecule has 59 heavy (non-hydrogen) atoms. The van der Waals surface area contributed by atoms with Crippen LogP contribution in [0, 0.1) is 0 Å². The van der Waals surface area contributed by atoms with Gasteiger partial charge < -0.3 is 37.0 Å². The first-order valence-electron chi connectivity index (χ1n) is 21.5. The highest BCUT2D eigenvalue weighted by atomic mass is 32.2. The van der Waals surface area contributed by atoms with Crippen LogP contribution in [-0.4, -0.2) is 124 Å². The molecule has 326 valence electrons. The molecule has 1 aromatic carbocycles. The van der Waals surface area contributed by atoms with Crippen molar-refractivity contribution in [3.8, 4) is 0 Å². The largest absolute Gasteiger partial charge is 0.478 e. The third-order valence-corrected chi connectivity index (χ3v) is 14.5. The first kappa shape index (κ1) is 46.2. The van der Waals surface area contributed by atoms with Gasteiger partial charge in [-0.05, 0) is 69.1 Å². The SMILES string of the molecule is O=C(CCCCCNC(=O)CCCCC1SCC2NC(=O)NC21)CN(CC(=O)CCCCCNC(=O)CCCCC1SCC2NC(=O)NC21)Cc1ccc(C(=O)O)cc1. The molecule has 6 amide bonds. The van der Waals surface area contributed by atoms with Crippen LogP contribution in [0.25, 0.3) is 0 Å². The predicted molar refractivity (Wildman–Crippen MR) is 230 cm³/mol. The first-order valence-corrected chi connectivity index (χ1v) is 23.6. The predicted octanol–water partition coefficient (Wildman–Crippen LogP) is 4.13. The number of unbranched alkanes of at least 4 members (excludes halogenated alkanes) is 6. The van der Waals surface area contributed by atoms with Gasteiger partial charge in [0.2, 0.25) is 11.8 Å². The number of aromatic carboxylic acids is 1. The molecule has 0 bridgehead atoms. The Kier molecular flexibility index (Phi) is 19.1. The lowest BCUT2D eigenvalue weighted by Gasteiger charge is -2.21. The number of fused-ring (bicyclic) bond motifs is 2. The Morgan fingerprint density at radius 1 is 0.610 bits per heavy atom. The van der Waals surface area contributed by atoms with Crippen molar-refractivity contribution in [2.75, 3.05) is 37.7 Å². The maximum atomic E-state index is 13.0. The van der Waals surface area contributed by atoms with E-state index in [1.807, 2.05) is 28.4 Å². The Hall–Kier alpha value is -3.83. The summed E-state index contributed by atoms with van der Waals surface area (Å²) in [7, 11) is 0. The number of nitrogens with zero attached hydrogens (tertiary/aromatic N) is 1. The number of amides is 6. The van der Waals surface area contributed by atoms with Crippen molar-refractivity contribution in [1.82, 2.24) is 36.8 Å². The molecule has 4 heterocycles. The van der Waals surface area contributed by atoms with Crippen molar-refractivity contribution in [2.45, 2.75) is 144 Å². The van der Waals surface area contributed by atoms with Crippen molar-refractivity contribution < 1.29 is 38.7 Å². The molecule has 4 saturated heterocycles. The fourth-order valence-electron chi connectivity index (χ4n) is 8.26. The minimum absolute atomic E-state index is 0.0325. The van der Waals surface area contributed by atoms with Gasteiger partial charge in [0.15, 0.2) is 0 Å². The van der Waals surface area contributed by atoms with Crippen LogP contribution in [0.5, 0.6) is 0 Å². The smallest absolute Gasteiger partial charge is 0.335 e. The summed E-state index contributed by atoms with van der Waals surface area (Å²) in [5, 5.41) is 27.9. The highest BCUT2D eigenvalue weighted by Gasteiger charge is 2.43. The molecule has 6 unspecified atom stereocenters. The number of nitrogens with one attached hydrogen (secondary N) is 6. The van der Waals surface area contributed by atoms with Gasteiger partial charge in [-0.1, -0.05) is 37.8 Å². The average molecular weight is 858 g/mol. The summed E-state index contributed by atoms with van der Waals surface area (Å²) in [5.74, 6) is 0.981. The van der Waals surface area contributed by atoms with Gasteiger partial charge in [0.25, 0.3) is 0 Å². The van der Waals surface area contributed by atoms with E-state index in [0.29, 0.717) is 68.7 Å². The van der Waals surface area contributed by atoms with Crippen LogP contribution >= 0.6 is 23.5 Å². The maximum Gasteiger partial charge on any atom is 0.335 e. The third-order valence-electron chi connectivity index (χ3n) is 11.5. The molecule has 0 aromatic heterocycles. The molecule has 0 saturated carbocycles. The average Bonchev–Trinajstić information content (AvgIpc) is 3.96. The Morgan fingerprint density at radius 2 is 1.07 bits per heavy atom. The molecule has 0 radical (unpaired) electrons. The van der Waals surface area contributed by atoms with Gasteiger partial charge in [0.05, 0.1) is 42.8 Å². The van der Waals surface area contributed by atoms with Crippen LogP contribution in [0.4, 0.5) is 9.59 Å². The number of rotatable bonds is 29. The molecular formula is C42H63N7O8S2. The van der Waals surface area contributed by atoms with E-state index in [-0.39, 0.29) is 78.3 Å². The van der Waals surface area contributed by atoms with Gasteiger partial charge in [0.1, 0.15) is 11.6 Å². The minimum Gasteiger partial charge on any atom is -0.478 e. The third kappa shape index (κ3) is 15.9. The molecule has 7 N–H and O–H groups in total. The standard InChI is InChI=1S/C42H63N7O8S2/c50-30(11-3-1-9-21-43-36(52)15-7-5-13-34-38-32(26-58-34)45-41(56)47-38)24-49(23-28-17-19-29(20-18-28)40(54)55)25-31(51)12-4-2-10-22-44-37(53)16-8-6-14-35-39-33(27-59-35)46-42(57)48-39/h17-20,32-35,38-39H,1-16,21-27H2,(H,43,52)(H,44,53)(H,54,55)(H2,45,47,56)(H2,46,48,57). The van der Waals surface area contributed by atoms with E-state index in [9.17, 15) is 38.7 Å². The van der Waals surface area contributed by atoms with Crippen molar-refractivity contribution >= 4 is 64.9 Å². The van der Waals surface area contributed by atoms with Gasteiger partial charge >= 0.3 is 18.0 Å². The quantitative estimate of drug-likeness (QED) is 0.0450. The molecule has 5 rings (SSSR count). The molecule has 15 nitrogen and oxygen atoms in total. The summed E-state index contributed by atoms with van der Waals surface area (Å²) in [6.07, 6.45) is 11.7. The Bertz CT molecular complexity index is 1510. The highest BCUT2D eigenvalue weighted by molar-refractivity contribution is 8.00. The van der Waals surface area contributed by atoms with Crippen LogP contribution in [0.15, 0.2) is 24.3 Å². The monoisotopic (exact) mass is 857 g/mol. The number of urea groups is 2. The second kappa shape index (κ2) is 24.4. The first-order chi connectivity index (χ1) is 28.5. The van der Waals surface area contributed by atoms with E-state index >= 15 is 0 Å². The molecule has 6 atom stereocenters. The van der Waals surface area contributed by atoms with Crippen molar-refractivity contribution in [2.24, 2.45) is 0 Å². The zero-order valence-electron chi connectivity index (χ0n) is 34.1. The summed E-state index contributed by atoms with van der Waals surface area (Å²) in [6, 6.07) is 7.10. The van der Waals surface area contributed by atoms with E-state index in [0.717, 1.165) is 81.3 Å². The maximum absolute atomic E-state index is 13.0. The Morgan fingerprint density at radius 3 is 1.53 bits per heavy atom. The van der Waals surface area contributed by atoms with Gasteiger partial charge in [-0.25, -0.2) is 14.4 Å². The summed E-state index contributed by atoms with van der Waals surface area (Å²) in [4.78, 5) is 87.0. The van der Waals surface area contributed by atoms with Crippen LogP contribution in [0.2, 0.25) is 0 Å². The van der Waals surface area contributed by atoms with Crippen LogP contribution < -0.4 is 31.9 Å². The van der Waals surface area contributed by atoms with Crippen LogP contribution in [0.1, 0.15) is 119 Å². The fraction of sp³-hybridized carbons (Fsp3) is 0.690. The van der Waals surface area contributed by atoms with E-state index in [1.54, 1.807) is 12.1 Å². The number of ketones is 2. The molecule has 4 aliphatic rings. The molecule has 4 aliphatic heterocycles. The Balaban J connectivity index is 0.899. The molecule has 0 aliphatic carbocycles. The topological polar surface area (TPSA) is 215 Å². The lowest BCUT2D eigenvalue weighted by atomic mass is 10.0. The molecule has 0 spiro atoms. The van der Waals surface area contributed by atoms with E-state index < -0.39 is 5.97 Å². The van der Waals surface area contributed by atoms with E-state index in [4.69, 9.17) is 0 Å². The summed E-state index contributed by atoms with van der Waals surface area (Å²) >= 11 is 3.76. The van der Waals surface area contributed by atoms with Gasteiger partial charge in [-0.15, -0.1) is 0 Å². The van der Waals surface area contributed by atoms with E-state index in [1.165, 1.54) is 12.1 Å². The number of thioether (sulfide) groups is 2. The molecule has 1 aromatic rings. The minimum atomic E-state index is -1.02. The normalized spacial score (nSPS) is 22.9. The number of carboxylic acid groups (broad SMARTS) is 1. The second-order valence-corrected chi connectivity index (χ2v) is 18.8. The Labute approximate surface area is 356 Å². The summed E-state index contributed by atoms with van der Waals surface area (Å²) in [5.41, 5.74) is 0.990. The lowest BCUT2D eigenvalue weighted by Crippen LogP contribution is -2.36. The molecular weight excluding hydrogens is 795 g/mol. The number of carboxylic acids is 1. The van der Waals surface area contributed by atoms with E-state index in [2.05, 4.69) is 31.9 Å². The van der Waals surface area contributed by atoms with Gasteiger partial charge in [-0.2, -0.15) is 23.5 Å². The van der Waals surface area contributed by atoms with Crippen molar-refractivity contribution in [3.05, 3.63) is 35.4 Å². The number of carbonyl (C=O) groups excluding carboxylic acids is 6.